The zero-order valence-corrected chi connectivity index (χ0v) is 13.1. The van der Waals surface area contributed by atoms with Crippen molar-refractivity contribution in [3.8, 4) is 5.75 Å². The van der Waals surface area contributed by atoms with Gasteiger partial charge in [-0.3, -0.25) is 4.79 Å². The first kappa shape index (κ1) is 17.7. The van der Waals surface area contributed by atoms with Crippen molar-refractivity contribution in [3.63, 3.8) is 0 Å². The number of ether oxygens (including phenoxy) is 1. The molecule has 0 aromatic heterocycles. The molecule has 1 fully saturated rings. The van der Waals surface area contributed by atoms with Gasteiger partial charge in [0, 0.05) is 13.0 Å². The molecule has 1 aromatic carbocycles. The molecule has 128 valence electrons. The van der Waals surface area contributed by atoms with E-state index in [4.69, 9.17) is 0 Å². The molecular formula is C17H23F2NO3. The Morgan fingerprint density at radius 3 is 2.48 bits per heavy atom. The highest BCUT2D eigenvalue weighted by atomic mass is 19.3. The second-order valence-electron chi connectivity index (χ2n) is 6.08. The maximum absolute atomic E-state index is 12.0. The number of hydrogen-bond acceptors (Lipinski definition) is 3. The van der Waals surface area contributed by atoms with Crippen LogP contribution in [-0.4, -0.2) is 29.8 Å². The predicted molar refractivity (Wildman–Crippen MR) is 82.4 cm³/mol. The van der Waals surface area contributed by atoms with E-state index in [0.717, 1.165) is 37.7 Å². The number of amides is 1. The highest BCUT2D eigenvalue weighted by Gasteiger charge is 2.29. The molecule has 1 amide bonds. The zero-order valence-electron chi connectivity index (χ0n) is 13.1. The lowest BCUT2D eigenvalue weighted by Gasteiger charge is -2.32. The first-order valence-corrected chi connectivity index (χ1v) is 8.00. The van der Waals surface area contributed by atoms with E-state index in [2.05, 4.69) is 10.1 Å². The predicted octanol–water partition coefficient (Wildman–Crippen LogP) is 3.03. The summed E-state index contributed by atoms with van der Waals surface area (Å²) >= 11 is 0. The van der Waals surface area contributed by atoms with Crippen molar-refractivity contribution in [3.05, 3.63) is 29.8 Å². The number of carbonyl (C=O) groups is 1. The van der Waals surface area contributed by atoms with E-state index in [0.29, 0.717) is 19.4 Å². The molecule has 2 rings (SSSR count). The Morgan fingerprint density at radius 2 is 1.87 bits per heavy atom. The third-order valence-corrected chi connectivity index (χ3v) is 4.19. The van der Waals surface area contributed by atoms with E-state index in [1.807, 2.05) is 0 Å². The highest BCUT2D eigenvalue weighted by Crippen LogP contribution is 2.27. The standard InChI is InChI=1S/C17H23F2NO3/c18-16(19)23-14-7-4-13(5-8-14)6-9-15(21)20-12-17(22)10-2-1-3-11-17/h4-5,7-8,16,22H,1-3,6,9-12H2,(H,20,21). The number of aliphatic hydroxyl groups is 1. The second kappa shape index (κ2) is 8.24. The SMILES string of the molecule is O=C(CCc1ccc(OC(F)F)cc1)NCC1(O)CCCCC1. The Bertz CT molecular complexity index is 499. The fraction of sp³-hybridized carbons (Fsp3) is 0.588. The quantitative estimate of drug-likeness (QED) is 0.809. The summed E-state index contributed by atoms with van der Waals surface area (Å²) in [7, 11) is 0. The molecule has 1 aliphatic rings. The van der Waals surface area contributed by atoms with Crippen LogP contribution in [0, 0.1) is 0 Å². The number of nitrogens with one attached hydrogen (secondary N) is 1. The van der Waals surface area contributed by atoms with Gasteiger partial charge in [0.05, 0.1) is 5.60 Å². The summed E-state index contributed by atoms with van der Waals surface area (Å²) in [6.45, 7) is -2.54. The molecule has 0 radical (unpaired) electrons. The summed E-state index contributed by atoms with van der Waals surface area (Å²) in [6, 6.07) is 6.26. The number of aryl methyl sites for hydroxylation is 1. The van der Waals surface area contributed by atoms with Crippen molar-refractivity contribution >= 4 is 5.91 Å². The smallest absolute Gasteiger partial charge is 0.387 e. The summed E-state index contributed by atoms with van der Waals surface area (Å²) in [5.74, 6) is -0.00960. The minimum Gasteiger partial charge on any atom is -0.435 e. The summed E-state index contributed by atoms with van der Waals surface area (Å²) in [5.41, 5.74) is 0.112. The first-order chi connectivity index (χ1) is 11.0. The van der Waals surface area contributed by atoms with Crippen LogP contribution in [0.1, 0.15) is 44.1 Å². The van der Waals surface area contributed by atoms with Crippen molar-refractivity contribution in [1.82, 2.24) is 5.32 Å². The third-order valence-electron chi connectivity index (χ3n) is 4.19. The maximum Gasteiger partial charge on any atom is 0.387 e. The minimum atomic E-state index is -2.84. The number of carbonyl (C=O) groups excluding carboxylic acids is 1. The van der Waals surface area contributed by atoms with E-state index in [9.17, 15) is 18.7 Å². The van der Waals surface area contributed by atoms with Gasteiger partial charge in [0.15, 0.2) is 0 Å². The topological polar surface area (TPSA) is 58.6 Å². The van der Waals surface area contributed by atoms with Crippen LogP contribution in [-0.2, 0) is 11.2 Å². The Hall–Kier alpha value is -1.69. The van der Waals surface area contributed by atoms with Gasteiger partial charge in [0.25, 0.3) is 0 Å². The molecule has 4 nitrogen and oxygen atoms in total. The summed E-state index contributed by atoms with van der Waals surface area (Å²) in [4.78, 5) is 11.9. The van der Waals surface area contributed by atoms with Gasteiger partial charge in [-0.05, 0) is 37.0 Å². The van der Waals surface area contributed by atoms with E-state index in [1.165, 1.54) is 12.1 Å². The molecule has 23 heavy (non-hydrogen) atoms. The van der Waals surface area contributed by atoms with Crippen molar-refractivity contribution < 1.29 is 23.4 Å². The Balaban J connectivity index is 1.71. The van der Waals surface area contributed by atoms with Crippen LogP contribution in [0.4, 0.5) is 8.78 Å². The largest absolute Gasteiger partial charge is 0.435 e. The summed E-state index contributed by atoms with van der Waals surface area (Å²) < 4.78 is 28.4. The number of rotatable bonds is 7. The van der Waals surface area contributed by atoms with Crippen molar-refractivity contribution in [2.45, 2.75) is 57.2 Å². The molecule has 1 aromatic rings. The lowest BCUT2D eigenvalue weighted by molar-refractivity contribution is -0.122. The first-order valence-electron chi connectivity index (χ1n) is 8.00. The van der Waals surface area contributed by atoms with Crippen LogP contribution in [0.25, 0.3) is 0 Å². The van der Waals surface area contributed by atoms with Gasteiger partial charge in [-0.1, -0.05) is 31.4 Å². The average molecular weight is 327 g/mol. The molecule has 1 aliphatic carbocycles. The Morgan fingerprint density at radius 1 is 1.22 bits per heavy atom. The van der Waals surface area contributed by atoms with Crippen molar-refractivity contribution in [2.75, 3.05) is 6.54 Å². The monoisotopic (exact) mass is 327 g/mol. The van der Waals surface area contributed by atoms with Gasteiger partial charge in [-0.25, -0.2) is 0 Å². The molecule has 0 bridgehead atoms. The van der Waals surface area contributed by atoms with E-state index >= 15 is 0 Å². The number of benzene rings is 1. The average Bonchev–Trinajstić information content (AvgIpc) is 2.52. The third kappa shape index (κ3) is 6.14. The van der Waals surface area contributed by atoms with Crippen LogP contribution < -0.4 is 10.1 Å². The molecule has 6 heteroatoms. The highest BCUT2D eigenvalue weighted by molar-refractivity contribution is 5.76. The molecule has 0 aliphatic heterocycles. The lowest BCUT2D eigenvalue weighted by atomic mass is 9.85. The molecule has 0 spiro atoms. The van der Waals surface area contributed by atoms with Crippen molar-refractivity contribution in [2.24, 2.45) is 0 Å². The molecule has 0 saturated heterocycles. The van der Waals surface area contributed by atoms with Crippen LogP contribution in [0.2, 0.25) is 0 Å². The van der Waals surface area contributed by atoms with Gasteiger partial charge in [0.2, 0.25) is 5.91 Å². The fourth-order valence-corrected chi connectivity index (χ4v) is 2.83. The normalized spacial score (nSPS) is 17.0. The summed E-state index contributed by atoms with van der Waals surface area (Å²) in [5, 5.41) is 13.1. The van der Waals surface area contributed by atoms with E-state index in [1.54, 1.807) is 12.1 Å². The second-order valence-corrected chi connectivity index (χ2v) is 6.08. The maximum atomic E-state index is 12.0. The van der Waals surface area contributed by atoms with Gasteiger partial charge in [-0.15, -0.1) is 0 Å². The number of hydrogen-bond donors (Lipinski definition) is 2. The molecule has 0 heterocycles. The van der Waals surface area contributed by atoms with Crippen molar-refractivity contribution in [1.29, 1.82) is 0 Å². The van der Waals surface area contributed by atoms with Gasteiger partial charge in [0.1, 0.15) is 5.75 Å². The molecule has 0 unspecified atom stereocenters. The number of alkyl halides is 2. The van der Waals surface area contributed by atoms with Crippen LogP contribution in [0.5, 0.6) is 5.75 Å². The lowest BCUT2D eigenvalue weighted by Crippen LogP contribution is -2.44. The number of halogens is 2. The molecule has 1 saturated carbocycles. The summed E-state index contributed by atoms with van der Waals surface area (Å²) in [6.07, 6.45) is 5.42. The Kier molecular flexibility index (Phi) is 6.33. The molecule has 0 atom stereocenters. The van der Waals surface area contributed by atoms with Crippen LogP contribution in [0.15, 0.2) is 24.3 Å². The van der Waals surface area contributed by atoms with Gasteiger partial charge >= 0.3 is 6.61 Å². The van der Waals surface area contributed by atoms with Gasteiger partial charge < -0.3 is 15.2 Å². The van der Waals surface area contributed by atoms with Gasteiger partial charge in [-0.2, -0.15) is 8.78 Å². The molecular weight excluding hydrogens is 304 g/mol. The minimum absolute atomic E-state index is 0.104. The van der Waals surface area contributed by atoms with Crippen LogP contribution >= 0.6 is 0 Å². The fourth-order valence-electron chi connectivity index (χ4n) is 2.83. The van der Waals surface area contributed by atoms with E-state index < -0.39 is 12.2 Å². The van der Waals surface area contributed by atoms with Crippen LogP contribution in [0.3, 0.4) is 0 Å². The Labute approximate surface area is 134 Å². The van der Waals surface area contributed by atoms with E-state index in [-0.39, 0.29) is 11.7 Å². The zero-order chi connectivity index (χ0) is 16.7. The molecule has 2 N–H and O–H groups in total.